The number of aromatic hydroxyl groups is 1. The number of H-pyrrole nitrogens is 1. The minimum absolute atomic E-state index is 0.0410. The van der Waals surface area contributed by atoms with Gasteiger partial charge in [-0.25, -0.2) is 0 Å². The van der Waals surface area contributed by atoms with Gasteiger partial charge in [0.15, 0.2) is 0 Å². The Balaban J connectivity index is 1.80. The Bertz CT molecular complexity index is 1570. The van der Waals surface area contributed by atoms with E-state index in [0.717, 1.165) is 44.3 Å². The van der Waals surface area contributed by atoms with Crippen molar-refractivity contribution < 1.29 is 9.84 Å². The zero-order valence-electron chi connectivity index (χ0n) is 22.1. The lowest BCUT2D eigenvalue weighted by molar-refractivity contribution is 0.378. The fourth-order valence-electron chi connectivity index (χ4n) is 5.11. The van der Waals surface area contributed by atoms with E-state index >= 15 is 0 Å². The number of benzene rings is 3. The summed E-state index contributed by atoms with van der Waals surface area (Å²) in [5.74, 6) is 0.164. The van der Waals surface area contributed by atoms with Crippen LogP contribution in [0.2, 0.25) is 0 Å². The van der Waals surface area contributed by atoms with Crippen molar-refractivity contribution in [1.82, 2.24) is 10.2 Å². The van der Waals surface area contributed by atoms with E-state index in [1.165, 1.54) is 0 Å². The lowest BCUT2D eigenvalue weighted by atomic mass is 9.74. The summed E-state index contributed by atoms with van der Waals surface area (Å²) in [7, 11) is 0. The molecule has 1 aromatic heterocycles. The van der Waals surface area contributed by atoms with E-state index in [1.807, 2.05) is 30.3 Å². The highest BCUT2D eigenvalue weighted by atomic mass is 16.5. The third kappa shape index (κ3) is 4.11. The summed E-state index contributed by atoms with van der Waals surface area (Å²) >= 11 is 0. The summed E-state index contributed by atoms with van der Waals surface area (Å²) < 4.78 is 5.84. The van der Waals surface area contributed by atoms with Gasteiger partial charge in [-0.2, -0.15) is 5.26 Å². The van der Waals surface area contributed by atoms with Gasteiger partial charge in [-0.05, 0) is 44.4 Å². The Hall–Kier alpha value is -4.24. The molecule has 1 atom stereocenters. The summed E-state index contributed by atoms with van der Waals surface area (Å²) in [5, 5.41) is 31.4. The summed E-state index contributed by atoms with van der Waals surface area (Å²) in [6.45, 7) is 12.4. The average molecular weight is 493 g/mol. The number of phenolic OH excluding ortho intramolecular Hbond substituents is 1. The Morgan fingerprint density at radius 3 is 2.16 bits per heavy atom. The van der Waals surface area contributed by atoms with Crippen LogP contribution < -0.4 is 10.5 Å². The lowest BCUT2D eigenvalue weighted by Crippen LogP contribution is -2.23. The quantitative estimate of drug-likeness (QED) is 0.287. The van der Waals surface area contributed by atoms with E-state index in [4.69, 9.17) is 10.5 Å². The first kappa shape index (κ1) is 24.5. The number of nitrogens with one attached hydrogen (secondary N) is 1. The number of aromatic amines is 1. The molecule has 4 aromatic rings. The molecule has 0 bridgehead atoms. The largest absolute Gasteiger partial charge is 0.507 e. The fraction of sp³-hybridized carbons (Fsp3) is 0.290. The van der Waals surface area contributed by atoms with Crippen LogP contribution in [0, 0.1) is 11.3 Å². The van der Waals surface area contributed by atoms with E-state index < -0.39 is 5.92 Å². The highest BCUT2D eigenvalue weighted by Crippen LogP contribution is 2.49. The van der Waals surface area contributed by atoms with E-state index in [1.54, 1.807) is 0 Å². The van der Waals surface area contributed by atoms with Crippen molar-refractivity contribution in [1.29, 1.82) is 5.26 Å². The summed E-state index contributed by atoms with van der Waals surface area (Å²) in [6.07, 6.45) is 0. The minimum Gasteiger partial charge on any atom is -0.507 e. The van der Waals surface area contributed by atoms with Crippen molar-refractivity contribution in [3.8, 4) is 29.0 Å². The molecule has 4 N–H and O–H groups in total. The van der Waals surface area contributed by atoms with E-state index in [0.29, 0.717) is 11.5 Å². The second kappa shape index (κ2) is 8.41. The number of ether oxygens (including phenoxy) is 1. The number of hydrogen-bond donors (Lipinski definition) is 3. The van der Waals surface area contributed by atoms with Crippen LogP contribution in [0.3, 0.4) is 0 Å². The van der Waals surface area contributed by atoms with Crippen molar-refractivity contribution in [2.75, 3.05) is 0 Å². The van der Waals surface area contributed by atoms with Gasteiger partial charge in [-0.15, -0.1) is 5.10 Å². The summed E-state index contributed by atoms with van der Waals surface area (Å²) in [4.78, 5) is 0. The molecule has 2 heterocycles. The number of nitrogens with zero attached hydrogens (tertiary/aromatic N) is 2. The second-order valence-electron chi connectivity index (χ2n) is 11.8. The first-order valence-electron chi connectivity index (χ1n) is 12.4. The van der Waals surface area contributed by atoms with Crippen LogP contribution in [0.15, 0.2) is 66.1 Å². The third-order valence-corrected chi connectivity index (χ3v) is 7.06. The molecular formula is C31H32N4O2. The molecule has 0 aliphatic carbocycles. The average Bonchev–Trinajstić information content (AvgIpc) is 3.25. The molecule has 0 radical (unpaired) electrons. The molecule has 0 saturated carbocycles. The number of phenols is 1. The van der Waals surface area contributed by atoms with Gasteiger partial charge in [0.25, 0.3) is 0 Å². The SMILES string of the molecule is CC(C)(C)c1cc(C2C(C#N)=C(N)Oc3n[nH]c(-c4ccc5ccccc5c4)c32)cc(C(C)(C)C)c1O. The van der Waals surface area contributed by atoms with Crippen LogP contribution in [0.4, 0.5) is 0 Å². The Morgan fingerprint density at radius 2 is 1.57 bits per heavy atom. The van der Waals surface area contributed by atoms with Gasteiger partial charge < -0.3 is 15.6 Å². The van der Waals surface area contributed by atoms with Crippen LogP contribution in [0.1, 0.15) is 69.7 Å². The van der Waals surface area contributed by atoms with Crippen LogP contribution >= 0.6 is 0 Å². The van der Waals surface area contributed by atoms with Crippen molar-refractivity contribution in [2.45, 2.75) is 58.3 Å². The standard InChI is InChI=1S/C31H32N4O2/c1-30(2,3)22-14-20(15-23(27(22)36)31(4,5)6)24-21(16-32)28(33)37-29-25(24)26(34-35-29)19-12-11-17-9-7-8-10-18(17)13-19/h7-15,24,36H,33H2,1-6H3,(H,34,35). The van der Waals surface area contributed by atoms with Gasteiger partial charge in [0.1, 0.15) is 17.4 Å². The fourth-order valence-corrected chi connectivity index (χ4v) is 5.11. The van der Waals surface area contributed by atoms with Gasteiger partial charge in [0, 0.05) is 5.56 Å². The summed E-state index contributed by atoms with van der Waals surface area (Å²) in [6, 6.07) is 20.7. The first-order valence-corrected chi connectivity index (χ1v) is 12.4. The molecule has 37 heavy (non-hydrogen) atoms. The highest BCUT2D eigenvalue weighted by molar-refractivity contribution is 5.87. The minimum atomic E-state index is -0.517. The normalized spacial score (nSPS) is 15.9. The number of aromatic nitrogens is 2. The molecule has 0 saturated heterocycles. The maximum absolute atomic E-state index is 11.3. The number of fused-ring (bicyclic) bond motifs is 2. The third-order valence-electron chi connectivity index (χ3n) is 7.06. The van der Waals surface area contributed by atoms with E-state index in [9.17, 15) is 10.4 Å². The molecule has 6 heteroatoms. The smallest absolute Gasteiger partial charge is 0.244 e. The van der Waals surface area contributed by atoms with Crippen molar-refractivity contribution in [3.63, 3.8) is 0 Å². The molecule has 0 amide bonds. The molecule has 0 fully saturated rings. The Morgan fingerprint density at radius 1 is 0.946 bits per heavy atom. The zero-order valence-corrected chi connectivity index (χ0v) is 22.1. The Kier molecular flexibility index (Phi) is 5.56. The van der Waals surface area contributed by atoms with Crippen LogP contribution in [-0.4, -0.2) is 15.3 Å². The molecule has 0 spiro atoms. The molecule has 3 aromatic carbocycles. The van der Waals surface area contributed by atoms with Crippen molar-refractivity contribution in [2.24, 2.45) is 5.73 Å². The Labute approximate surface area is 217 Å². The number of nitrogens with two attached hydrogens (primary N) is 1. The highest BCUT2D eigenvalue weighted by Gasteiger charge is 2.38. The number of hydrogen-bond acceptors (Lipinski definition) is 5. The van der Waals surface area contributed by atoms with Gasteiger partial charge in [-0.3, -0.25) is 5.10 Å². The molecule has 1 aliphatic rings. The first-order chi connectivity index (χ1) is 17.4. The number of rotatable bonds is 2. The number of nitriles is 1. The molecule has 1 aliphatic heterocycles. The monoisotopic (exact) mass is 492 g/mol. The molecule has 188 valence electrons. The molecular weight excluding hydrogens is 460 g/mol. The van der Waals surface area contributed by atoms with Gasteiger partial charge >= 0.3 is 0 Å². The van der Waals surface area contributed by atoms with Crippen molar-refractivity contribution >= 4 is 10.8 Å². The molecule has 1 unspecified atom stereocenters. The number of allylic oxidation sites excluding steroid dienone is 1. The topological polar surface area (TPSA) is 108 Å². The van der Waals surface area contributed by atoms with E-state index in [2.05, 4.69) is 82.1 Å². The lowest BCUT2D eigenvalue weighted by Gasteiger charge is -2.31. The van der Waals surface area contributed by atoms with Crippen LogP contribution in [0.5, 0.6) is 11.6 Å². The van der Waals surface area contributed by atoms with Crippen LogP contribution in [-0.2, 0) is 10.8 Å². The molecule has 6 nitrogen and oxygen atoms in total. The predicted molar refractivity (Wildman–Crippen MR) is 146 cm³/mol. The second-order valence-corrected chi connectivity index (χ2v) is 11.8. The van der Waals surface area contributed by atoms with E-state index in [-0.39, 0.29) is 22.5 Å². The predicted octanol–water partition coefficient (Wildman–Crippen LogP) is 6.75. The van der Waals surface area contributed by atoms with Crippen molar-refractivity contribution in [3.05, 3.63) is 88.3 Å². The van der Waals surface area contributed by atoms with Gasteiger partial charge in [-0.1, -0.05) is 90.1 Å². The summed E-state index contributed by atoms with van der Waals surface area (Å²) in [5.41, 5.74) is 10.9. The zero-order chi connectivity index (χ0) is 26.7. The van der Waals surface area contributed by atoms with Crippen LogP contribution in [0.25, 0.3) is 22.0 Å². The maximum atomic E-state index is 11.3. The van der Waals surface area contributed by atoms with Gasteiger partial charge in [0.2, 0.25) is 11.8 Å². The molecule has 5 rings (SSSR count). The van der Waals surface area contributed by atoms with Gasteiger partial charge in [0.05, 0.1) is 17.2 Å². The maximum Gasteiger partial charge on any atom is 0.244 e.